The lowest BCUT2D eigenvalue weighted by molar-refractivity contribution is -0.115. The number of anilines is 1. The van der Waals surface area contributed by atoms with Crippen LogP contribution in [-0.2, 0) is 22.4 Å². The third-order valence-electron chi connectivity index (χ3n) is 5.32. The Kier molecular flexibility index (Phi) is 7.15. The van der Waals surface area contributed by atoms with E-state index < -0.39 is 0 Å². The van der Waals surface area contributed by atoms with Gasteiger partial charge in [-0.05, 0) is 53.9 Å². The molecule has 1 N–H and O–H groups in total. The third-order valence-corrected chi connectivity index (χ3v) is 6.48. The Balaban J connectivity index is 1.39. The van der Waals surface area contributed by atoms with Crippen molar-refractivity contribution in [2.45, 2.75) is 33.1 Å². The summed E-state index contributed by atoms with van der Waals surface area (Å²) in [6.45, 7) is 4.29. The average molecular weight is 459 g/mol. The first-order valence-corrected chi connectivity index (χ1v) is 11.8. The number of rotatable bonds is 8. The maximum atomic E-state index is 12.6. The van der Waals surface area contributed by atoms with Crippen LogP contribution in [0.2, 0.25) is 0 Å². The highest BCUT2D eigenvalue weighted by atomic mass is 32.1. The van der Waals surface area contributed by atoms with Gasteiger partial charge in [0.2, 0.25) is 5.91 Å². The molecule has 4 aromatic rings. The van der Waals surface area contributed by atoms with Gasteiger partial charge in [0, 0.05) is 17.0 Å². The van der Waals surface area contributed by atoms with E-state index in [4.69, 9.17) is 9.72 Å². The molecule has 0 radical (unpaired) electrons. The van der Waals surface area contributed by atoms with Crippen molar-refractivity contribution in [1.29, 1.82) is 0 Å². The number of amides is 1. The van der Waals surface area contributed by atoms with E-state index in [1.165, 1.54) is 16.3 Å². The molecular weight excluding hydrogens is 432 g/mol. The predicted molar refractivity (Wildman–Crippen MR) is 133 cm³/mol. The lowest BCUT2D eigenvalue weighted by atomic mass is 10.0. The molecule has 1 heterocycles. The number of nitrogens with zero attached hydrogens (tertiary/aromatic N) is 1. The number of carbonyl (C=O) groups is 2. The zero-order valence-electron chi connectivity index (χ0n) is 18.8. The van der Waals surface area contributed by atoms with E-state index in [9.17, 15) is 9.59 Å². The van der Waals surface area contributed by atoms with Gasteiger partial charge in [0.1, 0.15) is 0 Å². The predicted octanol–water partition coefficient (Wildman–Crippen LogP) is 5.94. The van der Waals surface area contributed by atoms with Gasteiger partial charge in [0.25, 0.3) is 0 Å². The van der Waals surface area contributed by atoms with Crippen LogP contribution >= 0.6 is 11.3 Å². The van der Waals surface area contributed by atoms with Crippen LogP contribution in [0.3, 0.4) is 0 Å². The number of hydrogen-bond acceptors (Lipinski definition) is 5. The van der Waals surface area contributed by atoms with Gasteiger partial charge in [-0.3, -0.25) is 4.79 Å². The molecule has 6 heteroatoms. The maximum Gasteiger partial charge on any atom is 0.338 e. The molecule has 0 atom stereocenters. The van der Waals surface area contributed by atoms with Crippen molar-refractivity contribution in [3.63, 3.8) is 0 Å². The normalized spacial score (nSPS) is 10.8. The number of esters is 1. The van der Waals surface area contributed by atoms with Crippen LogP contribution in [0.1, 0.15) is 44.8 Å². The average Bonchev–Trinajstić information content (AvgIpc) is 3.16. The largest absolute Gasteiger partial charge is 0.462 e. The Morgan fingerprint density at radius 3 is 2.55 bits per heavy atom. The van der Waals surface area contributed by atoms with Crippen LogP contribution in [0.15, 0.2) is 66.7 Å². The van der Waals surface area contributed by atoms with Gasteiger partial charge in [-0.25, -0.2) is 9.78 Å². The molecule has 0 fully saturated rings. The second-order valence-corrected chi connectivity index (χ2v) is 9.04. The SMILES string of the molecule is CCCOC(=O)c1ccc(NC(=O)Cc2sc(Cc3cccc4ccccc34)nc2C)cc1. The third kappa shape index (κ3) is 5.65. The summed E-state index contributed by atoms with van der Waals surface area (Å²) in [7, 11) is 0. The van der Waals surface area contributed by atoms with Crippen LogP contribution in [0.4, 0.5) is 5.69 Å². The molecule has 0 bridgehead atoms. The standard InChI is InChI=1S/C27H26N2O3S/c1-3-15-32-27(31)20-11-13-22(14-12-20)29-25(30)17-24-18(2)28-26(33-24)16-21-9-6-8-19-7-4-5-10-23(19)21/h4-14H,3,15-17H2,1-2H3,(H,29,30). The smallest absolute Gasteiger partial charge is 0.338 e. The molecule has 1 aromatic heterocycles. The van der Waals surface area contributed by atoms with Crippen LogP contribution in [0, 0.1) is 6.92 Å². The number of aromatic nitrogens is 1. The minimum atomic E-state index is -0.353. The number of benzene rings is 3. The first-order valence-electron chi connectivity index (χ1n) is 11.0. The van der Waals surface area contributed by atoms with Gasteiger partial charge < -0.3 is 10.1 Å². The van der Waals surface area contributed by atoms with E-state index in [-0.39, 0.29) is 18.3 Å². The molecule has 0 aliphatic rings. The summed E-state index contributed by atoms with van der Waals surface area (Å²) in [6.07, 6.45) is 1.78. The molecule has 168 valence electrons. The highest BCUT2D eigenvalue weighted by Gasteiger charge is 2.14. The Hall–Kier alpha value is -3.51. The van der Waals surface area contributed by atoms with Crippen molar-refractivity contribution in [3.8, 4) is 0 Å². The summed E-state index contributed by atoms with van der Waals surface area (Å²) in [5.74, 6) is -0.464. The molecule has 0 aliphatic carbocycles. The molecule has 4 rings (SSSR count). The Morgan fingerprint density at radius 1 is 1.00 bits per heavy atom. The van der Waals surface area contributed by atoms with E-state index in [0.717, 1.165) is 28.4 Å². The number of carbonyl (C=O) groups excluding carboxylic acids is 2. The summed E-state index contributed by atoms with van der Waals surface area (Å²) < 4.78 is 5.13. The van der Waals surface area contributed by atoms with Gasteiger partial charge in [-0.1, -0.05) is 49.4 Å². The number of thiazole rings is 1. The second-order valence-electron chi connectivity index (χ2n) is 7.87. The lowest BCUT2D eigenvalue weighted by Gasteiger charge is -2.06. The number of nitrogens with one attached hydrogen (secondary N) is 1. The molecule has 0 unspecified atom stereocenters. The van der Waals surface area contributed by atoms with Crippen molar-refractivity contribution in [3.05, 3.63) is 93.4 Å². The molecule has 0 aliphatic heterocycles. The van der Waals surface area contributed by atoms with Gasteiger partial charge >= 0.3 is 5.97 Å². The molecule has 0 spiro atoms. The molecular formula is C27H26N2O3S. The monoisotopic (exact) mass is 458 g/mol. The Morgan fingerprint density at radius 2 is 1.76 bits per heavy atom. The topological polar surface area (TPSA) is 68.3 Å². The van der Waals surface area contributed by atoms with Crippen molar-refractivity contribution in [1.82, 2.24) is 4.98 Å². The highest BCUT2D eigenvalue weighted by Crippen LogP contribution is 2.26. The number of aryl methyl sites for hydroxylation is 1. The fourth-order valence-electron chi connectivity index (χ4n) is 3.66. The van der Waals surface area contributed by atoms with E-state index in [1.807, 2.05) is 19.9 Å². The Labute approximate surface area is 197 Å². The highest BCUT2D eigenvalue weighted by molar-refractivity contribution is 7.11. The molecule has 0 saturated heterocycles. The first-order chi connectivity index (χ1) is 16.0. The number of fused-ring (bicyclic) bond motifs is 1. The molecule has 1 amide bonds. The zero-order chi connectivity index (χ0) is 23.2. The summed E-state index contributed by atoms with van der Waals surface area (Å²) >= 11 is 1.58. The fourth-order valence-corrected chi connectivity index (χ4v) is 4.75. The maximum absolute atomic E-state index is 12.6. The Bertz CT molecular complexity index is 1270. The number of ether oxygens (including phenoxy) is 1. The van der Waals surface area contributed by atoms with Gasteiger partial charge in [0.15, 0.2) is 0 Å². The molecule has 5 nitrogen and oxygen atoms in total. The number of hydrogen-bond donors (Lipinski definition) is 1. The van der Waals surface area contributed by atoms with E-state index in [1.54, 1.807) is 35.6 Å². The van der Waals surface area contributed by atoms with E-state index >= 15 is 0 Å². The summed E-state index contributed by atoms with van der Waals surface area (Å²) in [5, 5.41) is 6.35. The zero-order valence-corrected chi connectivity index (χ0v) is 19.6. The van der Waals surface area contributed by atoms with Crippen LogP contribution in [0.5, 0.6) is 0 Å². The first kappa shape index (κ1) is 22.7. The minimum absolute atomic E-state index is 0.111. The van der Waals surface area contributed by atoms with Gasteiger partial charge in [-0.15, -0.1) is 11.3 Å². The van der Waals surface area contributed by atoms with Crippen molar-refractivity contribution >= 4 is 39.7 Å². The van der Waals surface area contributed by atoms with E-state index in [2.05, 4.69) is 41.7 Å². The second kappa shape index (κ2) is 10.4. The lowest BCUT2D eigenvalue weighted by Crippen LogP contribution is -2.14. The summed E-state index contributed by atoms with van der Waals surface area (Å²) in [6, 6.07) is 21.4. The summed E-state index contributed by atoms with van der Waals surface area (Å²) in [4.78, 5) is 30.2. The molecule has 3 aromatic carbocycles. The van der Waals surface area contributed by atoms with Crippen molar-refractivity contribution < 1.29 is 14.3 Å². The van der Waals surface area contributed by atoms with Gasteiger partial charge in [0.05, 0.1) is 29.3 Å². The van der Waals surface area contributed by atoms with Crippen LogP contribution in [0.25, 0.3) is 10.8 Å². The summed E-state index contributed by atoms with van der Waals surface area (Å²) in [5.41, 5.74) is 3.23. The fraction of sp³-hybridized carbons (Fsp3) is 0.222. The molecule has 0 saturated carbocycles. The van der Waals surface area contributed by atoms with Gasteiger partial charge in [-0.2, -0.15) is 0 Å². The van der Waals surface area contributed by atoms with E-state index in [0.29, 0.717) is 17.9 Å². The van der Waals surface area contributed by atoms with Crippen LogP contribution in [-0.4, -0.2) is 23.5 Å². The van der Waals surface area contributed by atoms with Crippen LogP contribution < -0.4 is 5.32 Å². The van der Waals surface area contributed by atoms with Crippen molar-refractivity contribution in [2.24, 2.45) is 0 Å². The molecule has 33 heavy (non-hydrogen) atoms. The minimum Gasteiger partial charge on any atom is -0.462 e. The quantitative estimate of drug-likeness (QED) is 0.332. The van der Waals surface area contributed by atoms with Crippen molar-refractivity contribution in [2.75, 3.05) is 11.9 Å².